The number of guanidine groups is 1. The molecule has 1 atom stereocenters. The van der Waals surface area contributed by atoms with Crippen molar-refractivity contribution in [3.8, 4) is 0 Å². The molecule has 5 nitrogen and oxygen atoms in total. The van der Waals surface area contributed by atoms with Gasteiger partial charge in [0.15, 0.2) is 5.96 Å². The molecule has 2 saturated heterocycles. The Labute approximate surface area is 149 Å². The minimum Gasteiger partial charge on any atom is -0.355 e. The largest absolute Gasteiger partial charge is 0.355 e. The van der Waals surface area contributed by atoms with Crippen LogP contribution < -0.4 is 10.6 Å². The van der Waals surface area contributed by atoms with Crippen LogP contribution >= 0.6 is 0 Å². The van der Waals surface area contributed by atoms with E-state index < -0.39 is 0 Å². The van der Waals surface area contributed by atoms with Gasteiger partial charge in [-0.15, -0.1) is 0 Å². The summed E-state index contributed by atoms with van der Waals surface area (Å²) in [5.74, 6) is 1.64. The van der Waals surface area contributed by atoms with E-state index in [0.29, 0.717) is 24.0 Å². The summed E-state index contributed by atoms with van der Waals surface area (Å²) >= 11 is 0. The highest BCUT2D eigenvalue weighted by atomic mass is 15.2. The number of hydrogen-bond donors (Lipinski definition) is 2. The van der Waals surface area contributed by atoms with Crippen molar-refractivity contribution in [1.29, 1.82) is 0 Å². The molecule has 2 rings (SSSR count). The van der Waals surface area contributed by atoms with Gasteiger partial charge in [-0.1, -0.05) is 13.8 Å². The number of hydrogen-bond acceptors (Lipinski definition) is 3. The molecule has 0 bridgehead atoms. The monoisotopic (exact) mass is 337 g/mol. The van der Waals surface area contributed by atoms with E-state index in [0.717, 1.165) is 12.5 Å². The van der Waals surface area contributed by atoms with Gasteiger partial charge < -0.3 is 15.5 Å². The van der Waals surface area contributed by atoms with Crippen LogP contribution in [0.1, 0.15) is 53.4 Å². The van der Waals surface area contributed by atoms with Crippen LogP contribution in [0.2, 0.25) is 0 Å². The average molecular weight is 338 g/mol. The number of rotatable bonds is 6. The van der Waals surface area contributed by atoms with E-state index in [1.807, 2.05) is 7.05 Å². The Hall–Kier alpha value is -0.810. The molecular weight excluding hydrogens is 298 g/mol. The zero-order valence-corrected chi connectivity index (χ0v) is 16.5. The van der Waals surface area contributed by atoms with E-state index in [1.165, 1.54) is 51.9 Å². The number of nitrogens with one attached hydrogen (secondary N) is 2. The van der Waals surface area contributed by atoms with Gasteiger partial charge in [-0.3, -0.25) is 9.89 Å². The third-order valence-corrected chi connectivity index (χ3v) is 5.68. The summed E-state index contributed by atoms with van der Waals surface area (Å²) in [6.45, 7) is 15.1. The van der Waals surface area contributed by atoms with Gasteiger partial charge in [-0.05, 0) is 58.5 Å². The molecule has 140 valence electrons. The molecule has 0 radical (unpaired) electrons. The summed E-state index contributed by atoms with van der Waals surface area (Å²) in [5, 5.41) is 7.24. The smallest absolute Gasteiger partial charge is 0.191 e. The van der Waals surface area contributed by atoms with E-state index in [1.54, 1.807) is 0 Å². The fourth-order valence-electron chi connectivity index (χ4n) is 4.01. The molecule has 0 aromatic rings. The van der Waals surface area contributed by atoms with Gasteiger partial charge in [0, 0.05) is 44.8 Å². The van der Waals surface area contributed by atoms with E-state index in [-0.39, 0.29) is 0 Å². The first kappa shape index (κ1) is 19.5. The molecule has 2 N–H and O–H groups in total. The first-order chi connectivity index (χ1) is 11.5. The van der Waals surface area contributed by atoms with Crippen LogP contribution in [0.3, 0.4) is 0 Å². The summed E-state index contributed by atoms with van der Waals surface area (Å²) in [4.78, 5) is 9.67. The van der Waals surface area contributed by atoms with Crippen molar-refractivity contribution in [2.24, 2.45) is 10.9 Å². The predicted octanol–water partition coefficient (Wildman–Crippen LogP) is 2.14. The van der Waals surface area contributed by atoms with E-state index in [4.69, 9.17) is 0 Å². The molecule has 0 aromatic heterocycles. The topological polar surface area (TPSA) is 42.9 Å². The van der Waals surface area contributed by atoms with Gasteiger partial charge in [0.25, 0.3) is 0 Å². The molecule has 0 amide bonds. The average Bonchev–Trinajstić information content (AvgIpc) is 3.08. The Balaban J connectivity index is 1.77. The zero-order valence-electron chi connectivity index (χ0n) is 16.5. The molecule has 2 heterocycles. The van der Waals surface area contributed by atoms with Crippen LogP contribution in [0.5, 0.6) is 0 Å². The lowest BCUT2D eigenvalue weighted by Crippen LogP contribution is -2.52. The summed E-state index contributed by atoms with van der Waals surface area (Å²) in [6.07, 6.45) is 5.12. The second kappa shape index (κ2) is 9.62. The lowest BCUT2D eigenvalue weighted by molar-refractivity contribution is 0.166. The minimum absolute atomic E-state index is 0.551. The van der Waals surface area contributed by atoms with Crippen LogP contribution in [0.15, 0.2) is 4.99 Å². The Morgan fingerprint density at radius 1 is 1.00 bits per heavy atom. The van der Waals surface area contributed by atoms with Gasteiger partial charge in [0.05, 0.1) is 0 Å². The highest BCUT2D eigenvalue weighted by Crippen LogP contribution is 2.17. The summed E-state index contributed by atoms with van der Waals surface area (Å²) in [6, 6.07) is 1.82. The first-order valence-corrected chi connectivity index (χ1v) is 9.96. The molecular formula is C19H39N5. The maximum absolute atomic E-state index is 4.46. The van der Waals surface area contributed by atoms with Crippen LogP contribution in [0.4, 0.5) is 0 Å². The predicted molar refractivity (Wildman–Crippen MR) is 104 cm³/mol. The molecule has 0 aliphatic carbocycles. The summed E-state index contributed by atoms with van der Waals surface area (Å²) in [7, 11) is 1.89. The zero-order chi connectivity index (χ0) is 17.5. The fourth-order valence-corrected chi connectivity index (χ4v) is 4.01. The molecule has 5 heteroatoms. The molecule has 2 fully saturated rings. The minimum atomic E-state index is 0.551. The van der Waals surface area contributed by atoms with Crippen molar-refractivity contribution >= 4 is 5.96 Å². The second-order valence-corrected chi connectivity index (χ2v) is 8.06. The summed E-state index contributed by atoms with van der Waals surface area (Å²) in [5.41, 5.74) is 0. The quantitative estimate of drug-likeness (QED) is 0.576. The second-order valence-electron chi connectivity index (χ2n) is 8.06. The Bertz CT molecular complexity index is 379. The van der Waals surface area contributed by atoms with Crippen LogP contribution in [-0.4, -0.2) is 73.7 Å². The molecule has 0 spiro atoms. The van der Waals surface area contributed by atoms with Crippen molar-refractivity contribution in [1.82, 2.24) is 20.4 Å². The van der Waals surface area contributed by atoms with Crippen molar-refractivity contribution in [2.75, 3.05) is 39.8 Å². The molecule has 24 heavy (non-hydrogen) atoms. The lowest BCUT2D eigenvalue weighted by Gasteiger charge is -2.36. The van der Waals surface area contributed by atoms with Gasteiger partial charge in [-0.25, -0.2) is 0 Å². The SMILES string of the molecule is CN=C(NCC(C(C)C)N1CCCC1)NC1CCN(C(C)C)CC1. The van der Waals surface area contributed by atoms with Crippen molar-refractivity contribution in [3.63, 3.8) is 0 Å². The number of likely N-dealkylation sites (tertiary alicyclic amines) is 2. The lowest BCUT2D eigenvalue weighted by atomic mass is 10.0. The normalized spacial score (nSPS) is 23.2. The van der Waals surface area contributed by atoms with Crippen LogP contribution in [0, 0.1) is 5.92 Å². The van der Waals surface area contributed by atoms with Crippen molar-refractivity contribution in [3.05, 3.63) is 0 Å². The van der Waals surface area contributed by atoms with Crippen molar-refractivity contribution < 1.29 is 0 Å². The highest BCUT2D eigenvalue weighted by Gasteiger charge is 2.25. The maximum Gasteiger partial charge on any atom is 0.191 e. The van der Waals surface area contributed by atoms with Gasteiger partial charge in [0.1, 0.15) is 0 Å². The van der Waals surface area contributed by atoms with E-state index in [2.05, 4.69) is 53.1 Å². The van der Waals surface area contributed by atoms with Crippen LogP contribution in [0.25, 0.3) is 0 Å². The van der Waals surface area contributed by atoms with Gasteiger partial charge >= 0.3 is 0 Å². The number of aliphatic imine (C=N–C) groups is 1. The molecule has 0 aromatic carbocycles. The third-order valence-electron chi connectivity index (χ3n) is 5.68. The third kappa shape index (κ3) is 5.62. The number of nitrogens with zero attached hydrogens (tertiary/aromatic N) is 3. The van der Waals surface area contributed by atoms with E-state index in [9.17, 15) is 0 Å². The maximum atomic E-state index is 4.46. The Morgan fingerprint density at radius 3 is 2.12 bits per heavy atom. The molecule has 1 unspecified atom stereocenters. The van der Waals surface area contributed by atoms with Gasteiger partial charge in [-0.2, -0.15) is 0 Å². The van der Waals surface area contributed by atoms with Crippen molar-refractivity contribution in [2.45, 2.75) is 71.5 Å². The standard InChI is InChI=1S/C19H39N5/c1-15(2)18(24-10-6-7-11-24)14-21-19(20-5)22-17-8-12-23(13-9-17)16(3)4/h15-18H,6-14H2,1-5H3,(H2,20,21,22). The Morgan fingerprint density at radius 2 is 1.62 bits per heavy atom. The van der Waals surface area contributed by atoms with E-state index >= 15 is 0 Å². The molecule has 2 aliphatic heterocycles. The number of piperidine rings is 1. The van der Waals surface area contributed by atoms with Crippen LogP contribution in [-0.2, 0) is 0 Å². The fraction of sp³-hybridized carbons (Fsp3) is 0.947. The molecule has 2 aliphatic rings. The summed E-state index contributed by atoms with van der Waals surface area (Å²) < 4.78 is 0. The Kier molecular flexibility index (Phi) is 7.82. The highest BCUT2D eigenvalue weighted by molar-refractivity contribution is 5.80. The molecule has 0 saturated carbocycles. The van der Waals surface area contributed by atoms with Gasteiger partial charge in [0.2, 0.25) is 0 Å². The first-order valence-electron chi connectivity index (χ1n) is 9.96.